The van der Waals surface area contributed by atoms with E-state index in [1.54, 1.807) is 0 Å². The van der Waals surface area contributed by atoms with Crippen LogP contribution < -0.4 is 22.1 Å². The lowest BCUT2D eigenvalue weighted by molar-refractivity contribution is -0.140. The Hall–Kier alpha value is -2.97. The third kappa shape index (κ3) is 12.6. The van der Waals surface area contributed by atoms with Gasteiger partial charge >= 0.3 is 5.97 Å². The van der Waals surface area contributed by atoms with Crippen LogP contribution in [0.2, 0.25) is 0 Å². The van der Waals surface area contributed by atoms with Crippen molar-refractivity contribution in [3.8, 4) is 0 Å². The summed E-state index contributed by atoms with van der Waals surface area (Å²) >= 11 is 0. The normalized spacial score (nSPS) is 14.3. The lowest BCUT2D eigenvalue weighted by atomic mass is 9.91. The average Bonchev–Trinajstić information content (AvgIpc) is 2.94. The van der Waals surface area contributed by atoms with Crippen LogP contribution in [0.5, 0.6) is 0 Å². The molecule has 2 rings (SSSR count). The molecule has 0 amide bonds. The number of unbranched alkanes of at least 4 members (excludes halogenated alkanes) is 7. The topological polar surface area (TPSA) is 143 Å². The highest BCUT2D eigenvalue weighted by molar-refractivity contribution is 5.68. The summed E-state index contributed by atoms with van der Waals surface area (Å²) in [5, 5.41) is 29.8. The Bertz CT molecular complexity index is 923. The van der Waals surface area contributed by atoms with Crippen molar-refractivity contribution < 1.29 is 19.7 Å². The molecule has 2 aromatic rings. The van der Waals surface area contributed by atoms with Crippen molar-refractivity contribution in [1.29, 1.82) is 0 Å². The summed E-state index contributed by atoms with van der Waals surface area (Å²) < 4.78 is 4.70. The second-order valence-corrected chi connectivity index (χ2v) is 10.5. The first-order valence-corrected chi connectivity index (χ1v) is 14.5. The minimum atomic E-state index is -0.987. The quantitative estimate of drug-likeness (QED) is 0.0710. The van der Waals surface area contributed by atoms with E-state index in [0.29, 0.717) is 24.2 Å². The molecule has 0 saturated heterocycles. The van der Waals surface area contributed by atoms with E-state index in [-0.39, 0.29) is 18.1 Å². The fourth-order valence-corrected chi connectivity index (χ4v) is 4.78. The number of nitrogen functional groups attached to an aromatic ring is 2. The summed E-state index contributed by atoms with van der Waals surface area (Å²) in [7, 11) is 1.41. The molecule has 39 heavy (non-hydrogen) atoms. The van der Waals surface area contributed by atoms with Crippen molar-refractivity contribution in [3.05, 3.63) is 48.5 Å². The molecule has 0 saturated carbocycles. The van der Waals surface area contributed by atoms with E-state index in [9.17, 15) is 15.0 Å². The molecule has 2 aromatic carbocycles. The summed E-state index contributed by atoms with van der Waals surface area (Å²) in [5.74, 6) is -0.170. The van der Waals surface area contributed by atoms with E-state index in [1.807, 2.05) is 48.5 Å². The van der Waals surface area contributed by atoms with Gasteiger partial charge in [-0.2, -0.15) is 0 Å². The molecular weight excluding hydrogens is 492 g/mol. The number of hydrogen-bond donors (Lipinski definition) is 6. The van der Waals surface area contributed by atoms with Gasteiger partial charge in [0, 0.05) is 29.2 Å². The second kappa shape index (κ2) is 18.3. The number of ether oxygens (including phenoxy) is 1. The maximum absolute atomic E-state index is 11.5. The first-order valence-electron chi connectivity index (χ1n) is 14.5. The smallest absolute Gasteiger partial charge is 0.305 e. The Kier molecular flexibility index (Phi) is 15.2. The van der Waals surface area contributed by atoms with Crippen LogP contribution >= 0.6 is 0 Å². The molecule has 0 fully saturated rings. The van der Waals surface area contributed by atoms with Gasteiger partial charge in [-0.15, -0.1) is 0 Å². The fraction of sp³-hybridized carbons (Fsp3) is 0.581. The summed E-state index contributed by atoms with van der Waals surface area (Å²) in [6, 6.07) is 14.2. The van der Waals surface area contributed by atoms with Gasteiger partial charge < -0.3 is 37.1 Å². The van der Waals surface area contributed by atoms with Gasteiger partial charge in [-0.25, -0.2) is 0 Å². The number of esters is 1. The van der Waals surface area contributed by atoms with E-state index >= 15 is 0 Å². The van der Waals surface area contributed by atoms with Crippen molar-refractivity contribution in [1.82, 2.24) is 0 Å². The molecule has 0 aromatic heterocycles. The maximum atomic E-state index is 11.5. The number of nitrogens with two attached hydrogens (primary N) is 2. The average molecular weight is 543 g/mol. The van der Waals surface area contributed by atoms with Gasteiger partial charge in [-0.1, -0.05) is 58.3 Å². The first kappa shape index (κ1) is 32.2. The van der Waals surface area contributed by atoms with E-state index in [0.717, 1.165) is 75.6 Å². The Balaban J connectivity index is 2.06. The van der Waals surface area contributed by atoms with E-state index in [2.05, 4.69) is 17.6 Å². The lowest BCUT2D eigenvalue weighted by Crippen LogP contribution is -2.50. The summed E-state index contributed by atoms with van der Waals surface area (Å²) in [4.78, 5) is 11.3. The number of anilines is 4. The summed E-state index contributed by atoms with van der Waals surface area (Å²) in [6.07, 6.45) is 8.91. The molecule has 0 radical (unpaired) electrons. The van der Waals surface area contributed by atoms with Crippen LogP contribution in [-0.4, -0.2) is 47.6 Å². The number of rotatable bonds is 20. The monoisotopic (exact) mass is 542 g/mol. The van der Waals surface area contributed by atoms with Crippen molar-refractivity contribution in [2.24, 2.45) is 0 Å². The van der Waals surface area contributed by atoms with Gasteiger partial charge in [-0.05, 0) is 67.8 Å². The van der Waals surface area contributed by atoms with Gasteiger partial charge in [-0.3, -0.25) is 4.79 Å². The zero-order chi connectivity index (χ0) is 28.5. The Morgan fingerprint density at radius 3 is 1.56 bits per heavy atom. The van der Waals surface area contributed by atoms with Crippen molar-refractivity contribution in [2.45, 2.75) is 108 Å². The Morgan fingerprint density at radius 2 is 1.13 bits per heavy atom. The van der Waals surface area contributed by atoms with Crippen LogP contribution in [0.1, 0.15) is 84.0 Å². The molecule has 0 aliphatic rings. The molecule has 0 aliphatic heterocycles. The molecule has 218 valence electrons. The third-order valence-electron chi connectivity index (χ3n) is 7.19. The molecule has 0 aliphatic carbocycles. The van der Waals surface area contributed by atoms with E-state index < -0.39 is 12.2 Å². The first-order chi connectivity index (χ1) is 18.8. The highest BCUT2D eigenvalue weighted by atomic mass is 16.5. The molecule has 0 bridgehead atoms. The lowest BCUT2D eigenvalue weighted by Gasteiger charge is -2.34. The Morgan fingerprint density at radius 1 is 0.718 bits per heavy atom. The molecule has 0 heterocycles. The number of benzene rings is 2. The standard InChI is InChI=1S/C31H50N4O4/c1-3-4-5-9-12-27(34-25-19-15-23(32)16-20-25)30(37)31(38)28(35-26-21-17-24(33)18-22-26)13-10-7-6-8-11-14-29(36)39-2/h15-22,27-28,30-31,34-35,37-38H,3-14,32-33H2,1-2H3. The number of aliphatic hydroxyl groups is 2. The minimum Gasteiger partial charge on any atom is -0.469 e. The highest BCUT2D eigenvalue weighted by Gasteiger charge is 2.32. The number of aliphatic hydroxyl groups excluding tert-OH is 2. The van der Waals surface area contributed by atoms with Crippen LogP contribution in [-0.2, 0) is 9.53 Å². The number of methoxy groups -OCH3 is 1. The molecule has 0 spiro atoms. The third-order valence-corrected chi connectivity index (χ3v) is 7.19. The second-order valence-electron chi connectivity index (χ2n) is 10.5. The maximum Gasteiger partial charge on any atom is 0.305 e. The van der Waals surface area contributed by atoms with Crippen molar-refractivity contribution >= 4 is 28.7 Å². The van der Waals surface area contributed by atoms with Gasteiger partial charge in [0.25, 0.3) is 0 Å². The summed E-state index contributed by atoms with van der Waals surface area (Å²) in [5.41, 5.74) is 14.8. The van der Waals surface area contributed by atoms with Crippen molar-refractivity contribution in [2.75, 3.05) is 29.2 Å². The zero-order valence-electron chi connectivity index (χ0n) is 23.8. The largest absolute Gasteiger partial charge is 0.469 e. The SMILES string of the molecule is CCCCCCC(Nc1ccc(N)cc1)C(O)C(O)C(CCCCCCCC(=O)OC)Nc1ccc(N)cc1. The van der Waals surface area contributed by atoms with Gasteiger partial charge in [0.15, 0.2) is 0 Å². The van der Waals surface area contributed by atoms with Gasteiger partial charge in [0.2, 0.25) is 0 Å². The molecule has 8 nitrogen and oxygen atoms in total. The van der Waals surface area contributed by atoms with E-state index in [4.69, 9.17) is 16.2 Å². The summed E-state index contributed by atoms with van der Waals surface area (Å²) in [6.45, 7) is 2.18. The number of carbonyl (C=O) groups excluding carboxylic acids is 1. The molecule has 4 unspecified atom stereocenters. The van der Waals surface area contributed by atoms with Crippen LogP contribution in [0.3, 0.4) is 0 Å². The molecule has 8 N–H and O–H groups in total. The highest BCUT2D eigenvalue weighted by Crippen LogP contribution is 2.23. The van der Waals surface area contributed by atoms with Crippen LogP contribution in [0.25, 0.3) is 0 Å². The minimum absolute atomic E-state index is 0.170. The Labute approximate surface area is 234 Å². The van der Waals surface area contributed by atoms with Crippen LogP contribution in [0, 0.1) is 0 Å². The van der Waals surface area contributed by atoms with Crippen LogP contribution in [0.4, 0.5) is 22.7 Å². The predicted octanol–water partition coefficient (Wildman–Crippen LogP) is 5.71. The van der Waals surface area contributed by atoms with Crippen molar-refractivity contribution in [3.63, 3.8) is 0 Å². The van der Waals surface area contributed by atoms with Gasteiger partial charge in [0.05, 0.1) is 19.2 Å². The van der Waals surface area contributed by atoms with Gasteiger partial charge in [0.1, 0.15) is 12.2 Å². The van der Waals surface area contributed by atoms with Crippen LogP contribution in [0.15, 0.2) is 48.5 Å². The number of carbonyl (C=O) groups is 1. The van der Waals surface area contributed by atoms with E-state index in [1.165, 1.54) is 7.11 Å². The molecular formula is C31H50N4O4. The number of nitrogens with one attached hydrogen (secondary N) is 2. The predicted molar refractivity (Wildman–Crippen MR) is 162 cm³/mol. The number of hydrogen-bond acceptors (Lipinski definition) is 8. The zero-order valence-corrected chi connectivity index (χ0v) is 23.8. The molecule has 4 atom stereocenters. The molecule has 8 heteroatoms. The fourth-order valence-electron chi connectivity index (χ4n) is 4.78.